The first-order chi connectivity index (χ1) is 11.3. The second-order valence-electron chi connectivity index (χ2n) is 6.71. The minimum atomic E-state index is -0.667. The molecule has 1 aliphatic carbocycles. The molecular formula is C18H29N3OS. The maximum Gasteiger partial charge on any atom is 0.128 e. The summed E-state index contributed by atoms with van der Waals surface area (Å²) in [5.41, 5.74) is 0. The van der Waals surface area contributed by atoms with Gasteiger partial charge in [0.1, 0.15) is 5.82 Å². The van der Waals surface area contributed by atoms with Crippen molar-refractivity contribution in [1.82, 2.24) is 10.3 Å². The molecule has 0 amide bonds. The first-order valence-corrected chi connectivity index (χ1v) is 10.5. The number of hydrogen-bond acceptors (Lipinski definition) is 4. The van der Waals surface area contributed by atoms with Crippen molar-refractivity contribution < 1.29 is 4.21 Å². The highest BCUT2D eigenvalue weighted by Crippen LogP contribution is 2.25. The smallest absolute Gasteiger partial charge is 0.128 e. The second kappa shape index (κ2) is 8.25. The van der Waals surface area contributed by atoms with E-state index in [-0.39, 0.29) is 0 Å². The van der Waals surface area contributed by atoms with Crippen LogP contribution in [0.2, 0.25) is 0 Å². The zero-order valence-electron chi connectivity index (χ0n) is 14.1. The van der Waals surface area contributed by atoms with Crippen molar-refractivity contribution in [1.29, 1.82) is 0 Å². The number of anilines is 1. The van der Waals surface area contributed by atoms with Gasteiger partial charge >= 0.3 is 0 Å². The fourth-order valence-electron chi connectivity index (χ4n) is 3.94. The van der Waals surface area contributed by atoms with Crippen molar-refractivity contribution in [2.75, 3.05) is 23.7 Å². The molecule has 2 aliphatic rings. The van der Waals surface area contributed by atoms with Crippen LogP contribution in [0.5, 0.6) is 0 Å². The summed E-state index contributed by atoms with van der Waals surface area (Å²) in [6, 6.07) is 7.13. The molecule has 2 fully saturated rings. The van der Waals surface area contributed by atoms with Crippen LogP contribution in [-0.4, -0.2) is 45.4 Å². The van der Waals surface area contributed by atoms with Crippen molar-refractivity contribution >= 4 is 16.6 Å². The second-order valence-corrected chi connectivity index (χ2v) is 8.66. The summed E-state index contributed by atoms with van der Waals surface area (Å²) >= 11 is 0. The summed E-state index contributed by atoms with van der Waals surface area (Å²) in [4.78, 5) is 6.83. The monoisotopic (exact) mass is 335 g/mol. The van der Waals surface area contributed by atoms with Gasteiger partial charge in [0.15, 0.2) is 0 Å². The number of hydrogen-bond donors (Lipinski definition) is 1. The van der Waals surface area contributed by atoms with Crippen molar-refractivity contribution in [3.8, 4) is 0 Å². The van der Waals surface area contributed by atoms with E-state index in [9.17, 15) is 4.21 Å². The normalized spacial score (nSPS) is 27.8. The number of aromatic nitrogens is 1. The summed E-state index contributed by atoms with van der Waals surface area (Å²) in [7, 11) is -0.667. The molecule has 128 valence electrons. The standard InChI is InChI=1S/C18H29N3OS/c1-2-23(22)17-8-4-3-7-16(17)20-15-10-13-21(14-11-15)18-9-5-6-12-19-18/h5-6,9,12,15-17,20H,2-4,7-8,10-11,13-14H2,1H3/t16-,17+,23+/m1/s1. The minimum absolute atomic E-state index is 0.363. The number of piperidine rings is 1. The molecule has 2 heterocycles. The van der Waals surface area contributed by atoms with Crippen LogP contribution in [0, 0.1) is 0 Å². The Bertz CT molecular complexity index is 502. The van der Waals surface area contributed by atoms with Gasteiger partial charge in [-0.15, -0.1) is 0 Å². The third kappa shape index (κ3) is 4.32. The van der Waals surface area contributed by atoms with E-state index >= 15 is 0 Å². The van der Waals surface area contributed by atoms with Crippen LogP contribution < -0.4 is 10.2 Å². The molecular weight excluding hydrogens is 306 g/mol. The highest BCUT2D eigenvalue weighted by Gasteiger charge is 2.31. The summed E-state index contributed by atoms with van der Waals surface area (Å²) in [6.45, 7) is 4.17. The van der Waals surface area contributed by atoms with Gasteiger partial charge in [0, 0.05) is 47.9 Å². The van der Waals surface area contributed by atoms with E-state index in [1.54, 1.807) is 0 Å². The Hall–Kier alpha value is -0.940. The molecule has 1 N–H and O–H groups in total. The zero-order chi connectivity index (χ0) is 16.1. The van der Waals surface area contributed by atoms with Crippen LogP contribution in [0.1, 0.15) is 45.4 Å². The van der Waals surface area contributed by atoms with Crippen LogP contribution >= 0.6 is 0 Å². The van der Waals surface area contributed by atoms with E-state index in [1.165, 1.54) is 19.3 Å². The molecule has 5 heteroatoms. The van der Waals surface area contributed by atoms with Gasteiger partial charge in [0.05, 0.1) is 5.25 Å². The van der Waals surface area contributed by atoms with Gasteiger partial charge in [-0.05, 0) is 37.8 Å². The van der Waals surface area contributed by atoms with Crippen LogP contribution in [-0.2, 0) is 10.8 Å². The highest BCUT2D eigenvalue weighted by molar-refractivity contribution is 7.85. The van der Waals surface area contributed by atoms with Crippen LogP contribution in [0.3, 0.4) is 0 Å². The van der Waals surface area contributed by atoms with Gasteiger partial charge in [-0.25, -0.2) is 4.98 Å². The molecule has 0 bridgehead atoms. The fourth-order valence-corrected chi connectivity index (χ4v) is 5.37. The molecule has 3 rings (SSSR count). The van der Waals surface area contributed by atoms with Crippen LogP contribution in [0.15, 0.2) is 24.4 Å². The molecule has 0 unspecified atom stereocenters. The van der Waals surface area contributed by atoms with E-state index in [2.05, 4.69) is 27.3 Å². The molecule has 4 nitrogen and oxygen atoms in total. The molecule has 1 saturated heterocycles. The molecule has 1 aliphatic heterocycles. The largest absolute Gasteiger partial charge is 0.357 e. The summed E-state index contributed by atoms with van der Waals surface area (Å²) < 4.78 is 12.3. The lowest BCUT2D eigenvalue weighted by Crippen LogP contribution is -2.52. The van der Waals surface area contributed by atoms with E-state index in [0.29, 0.717) is 17.3 Å². The predicted molar refractivity (Wildman–Crippen MR) is 97.3 cm³/mol. The average molecular weight is 336 g/mol. The summed E-state index contributed by atoms with van der Waals surface area (Å²) in [6.07, 6.45) is 9.01. The molecule has 1 saturated carbocycles. The van der Waals surface area contributed by atoms with Gasteiger partial charge in [-0.1, -0.05) is 25.8 Å². The minimum Gasteiger partial charge on any atom is -0.357 e. The van der Waals surface area contributed by atoms with E-state index in [4.69, 9.17) is 0 Å². The first kappa shape index (κ1) is 16.9. The van der Waals surface area contributed by atoms with Crippen molar-refractivity contribution in [2.45, 2.75) is 62.8 Å². The first-order valence-electron chi connectivity index (χ1n) is 9.07. The molecule has 0 radical (unpaired) electrons. The lowest BCUT2D eigenvalue weighted by molar-refractivity contribution is 0.311. The Morgan fingerprint density at radius 1 is 1.22 bits per heavy atom. The number of pyridine rings is 1. The average Bonchev–Trinajstić information content (AvgIpc) is 2.63. The predicted octanol–water partition coefficient (Wildman–Crippen LogP) is 2.72. The Labute approximate surface area is 142 Å². The molecule has 0 spiro atoms. The number of rotatable bonds is 5. The van der Waals surface area contributed by atoms with E-state index < -0.39 is 10.8 Å². The van der Waals surface area contributed by atoms with Crippen molar-refractivity contribution in [2.24, 2.45) is 0 Å². The van der Waals surface area contributed by atoms with Gasteiger partial charge in [0.25, 0.3) is 0 Å². The topological polar surface area (TPSA) is 45.2 Å². The van der Waals surface area contributed by atoms with Gasteiger partial charge in [-0.3, -0.25) is 4.21 Å². The molecule has 0 aromatic carbocycles. The SMILES string of the molecule is CC[S@](=O)[C@H]1CCCC[C@H]1NC1CCN(c2ccccn2)CC1. The maximum atomic E-state index is 12.3. The Morgan fingerprint density at radius 3 is 2.70 bits per heavy atom. The van der Waals surface area contributed by atoms with Gasteiger partial charge < -0.3 is 10.2 Å². The summed E-state index contributed by atoms with van der Waals surface area (Å²) in [5.74, 6) is 1.88. The Kier molecular flexibility index (Phi) is 6.06. The van der Waals surface area contributed by atoms with Crippen LogP contribution in [0.25, 0.3) is 0 Å². The summed E-state index contributed by atoms with van der Waals surface area (Å²) in [5, 5.41) is 4.22. The third-order valence-electron chi connectivity index (χ3n) is 5.24. The third-order valence-corrected chi connectivity index (χ3v) is 7.05. The number of nitrogens with one attached hydrogen (secondary N) is 1. The Morgan fingerprint density at radius 2 is 2.00 bits per heavy atom. The van der Waals surface area contributed by atoms with Gasteiger partial charge in [-0.2, -0.15) is 0 Å². The maximum absolute atomic E-state index is 12.3. The molecule has 1 aromatic heterocycles. The zero-order valence-corrected chi connectivity index (χ0v) is 14.9. The quantitative estimate of drug-likeness (QED) is 0.899. The van der Waals surface area contributed by atoms with E-state index in [0.717, 1.165) is 43.9 Å². The Balaban J connectivity index is 1.52. The van der Waals surface area contributed by atoms with Crippen LogP contribution in [0.4, 0.5) is 5.82 Å². The fraction of sp³-hybridized carbons (Fsp3) is 0.722. The molecule has 3 atom stereocenters. The lowest BCUT2D eigenvalue weighted by Gasteiger charge is -2.38. The van der Waals surface area contributed by atoms with Gasteiger partial charge in [0.2, 0.25) is 0 Å². The lowest BCUT2D eigenvalue weighted by atomic mass is 9.93. The number of nitrogens with zero attached hydrogens (tertiary/aromatic N) is 2. The highest BCUT2D eigenvalue weighted by atomic mass is 32.2. The van der Waals surface area contributed by atoms with E-state index in [1.807, 2.05) is 19.2 Å². The molecule has 23 heavy (non-hydrogen) atoms. The van der Waals surface area contributed by atoms with Crippen molar-refractivity contribution in [3.63, 3.8) is 0 Å². The van der Waals surface area contributed by atoms with Crippen molar-refractivity contribution in [3.05, 3.63) is 24.4 Å². The molecule has 1 aromatic rings.